The van der Waals surface area contributed by atoms with Crippen molar-refractivity contribution in [3.05, 3.63) is 324 Å². The van der Waals surface area contributed by atoms with Gasteiger partial charge in [-0.1, -0.05) is 176 Å². The van der Waals surface area contributed by atoms with Crippen molar-refractivity contribution in [3.8, 4) is 55.9 Å². The summed E-state index contributed by atoms with van der Waals surface area (Å²) >= 11 is 0. The Bertz CT molecular complexity index is 6660. The third kappa shape index (κ3) is 8.33. The van der Waals surface area contributed by atoms with Gasteiger partial charge in [-0.2, -0.15) is 0 Å². The lowest BCUT2D eigenvalue weighted by molar-refractivity contribution is 0.569. The maximum absolute atomic E-state index is 14.0. The summed E-state index contributed by atoms with van der Waals surface area (Å²) in [6.07, 6.45) is 0. The van der Waals surface area contributed by atoms with E-state index in [0.29, 0.717) is 21.9 Å². The molecule has 0 unspecified atom stereocenters. The van der Waals surface area contributed by atoms with Gasteiger partial charge in [0.05, 0.1) is 32.8 Å². The maximum Gasteiger partial charge on any atom is 0.344 e. The monoisotopic (exact) mass is 1210 g/mol. The number of hydrogen-bond acceptors (Lipinski definition) is 6. The minimum atomic E-state index is -0.347. The molecule has 20 rings (SSSR count). The molecule has 0 spiro atoms. The lowest BCUT2D eigenvalue weighted by atomic mass is 9.94. The van der Waals surface area contributed by atoms with E-state index in [0.717, 1.165) is 149 Å². The highest BCUT2D eigenvalue weighted by Crippen LogP contribution is 2.43. The minimum absolute atomic E-state index is 0.339. The van der Waals surface area contributed by atoms with Gasteiger partial charge in [0.25, 0.3) is 0 Å². The van der Waals surface area contributed by atoms with Crippen LogP contribution in [0.15, 0.2) is 331 Å². The number of hydrogen-bond donors (Lipinski definition) is 0. The molecular formula is C86H50N2O6. The van der Waals surface area contributed by atoms with Gasteiger partial charge in [0, 0.05) is 76.0 Å². The highest BCUT2D eigenvalue weighted by molar-refractivity contribution is 6.20. The van der Waals surface area contributed by atoms with Gasteiger partial charge >= 0.3 is 11.3 Å². The smallest absolute Gasteiger partial charge is 0.344 e. The van der Waals surface area contributed by atoms with Gasteiger partial charge in [-0.15, -0.1) is 0 Å². The minimum Gasteiger partial charge on any atom is -0.456 e. The second kappa shape index (κ2) is 20.9. The van der Waals surface area contributed by atoms with E-state index in [2.05, 4.69) is 203 Å². The van der Waals surface area contributed by atoms with Crippen LogP contribution in [0.5, 0.6) is 0 Å². The van der Waals surface area contributed by atoms with Crippen molar-refractivity contribution >= 4 is 131 Å². The summed E-state index contributed by atoms with van der Waals surface area (Å²) in [5, 5.41) is 13.6. The van der Waals surface area contributed by atoms with E-state index in [1.54, 1.807) is 0 Å². The summed E-state index contributed by atoms with van der Waals surface area (Å²) in [5.74, 6) is 0. The number of furan rings is 2. The third-order valence-corrected chi connectivity index (χ3v) is 18.9. The van der Waals surface area contributed by atoms with Crippen LogP contribution in [0.2, 0.25) is 0 Å². The summed E-state index contributed by atoms with van der Waals surface area (Å²) in [6, 6.07) is 104. The van der Waals surface area contributed by atoms with Crippen molar-refractivity contribution in [2.45, 2.75) is 0 Å². The summed E-state index contributed by atoms with van der Waals surface area (Å²) in [7, 11) is 0. The molecule has 0 amide bonds. The molecule has 0 saturated carbocycles. The van der Waals surface area contributed by atoms with Crippen LogP contribution < -0.4 is 11.3 Å². The van der Waals surface area contributed by atoms with Crippen molar-refractivity contribution < 1.29 is 17.7 Å². The molecule has 6 aromatic heterocycles. The van der Waals surface area contributed by atoms with E-state index < -0.39 is 0 Å². The van der Waals surface area contributed by atoms with E-state index in [4.69, 9.17) is 17.7 Å². The SMILES string of the molecule is O=c1oc2cc(-c3ccc4oc5ccccc5c4c3)ccc2c2cc(-c3ccc4c(c3)c3ccccc3n4-c3ccccc3)ccc12.O=c1oc2cc(-c3ccc4oc5ccccc5c4c3)ccc2c2cccc(-c3cccc4c3c3ccccc3n4-c3ccccc3)c12. The van der Waals surface area contributed by atoms with E-state index in [9.17, 15) is 9.59 Å². The predicted octanol–water partition coefficient (Wildman–Crippen LogP) is 22.6. The third-order valence-electron chi connectivity index (χ3n) is 18.9. The Hall–Kier alpha value is -12.8. The second-order valence-electron chi connectivity index (χ2n) is 24.1. The first-order chi connectivity index (χ1) is 46.4. The Kier molecular flexibility index (Phi) is 11.8. The lowest BCUT2D eigenvalue weighted by Crippen LogP contribution is -2.02. The largest absolute Gasteiger partial charge is 0.456 e. The second-order valence-corrected chi connectivity index (χ2v) is 24.1. The molecule has 440 valence electrons. The predicted molar refractivity (Wildman–Crippen MR) is 385 cm³/mol. The van der Waals surface area contributed by atoms with E-state index in [1.807, 2.05) is 109 Å². The maximum atomic E-state index is 14.0. The Morgan fingerprint density at radius 1 is 0.202 bits per heavy atom. The molecule has 8 nitrogen and oxygen atoms in total. The molecule has 94 heavy (non-hydrogen) atoms. The molecule has 0 saturated heterocycles. The zero-order valence-corrected chi connectivity index (χ0v) is 50.2. The molecule has 0 N–H and O–H groups in total. The van der Waals surface area contributed by atoms with Crippen LogP contribution in [-0.2, 0) is 0 Å². The van der Waals surface area contributed by atoms with Crippen LogP contribution in [-0.4, -0.2) is 9.13 Å². The molecule has 0 bridgehead atoms. The summed E-state index contributed by atoms with van der Waals surface area (Å²) in [4.78, 5) is 27.2. The molecule has 0 aliphatic rings. The topological polar surface area (TPSA) is 96.6 Å². The first-order valence-electron chi connectivity index (χ1n) is 31.4. The van der Waals surface area contributed by atoms with E-state index in [-0.39, 0.29) is 11.3 Å². The van der Waals surface area contributed by atoms with Crippen LogP contribution in [0, 0.1) is 0 Å². The van der Waals surface area contributed by atoms with E-state index >= 15 is 0 Å². The molecule has 0 fully saturated rings. The number of aromatic nitrogens is 2. The Morgan fingerprint density at radius 3 is 1.20 bits per heavy atom. The first-order valence-corrected chi connectivity index (χ1v) is 31.4. The van der Waals surface area contributed by atoms with Crippen LogP contribution in [0.25, 0.3) is 187 Å². The number of rotatable bonds is 6. The molecular weight excluding hydrogens is 1160 g/mol. The highest BCUT2D eigenvalue weighted by Gasteiger charge is 2.22. The van der Waals surface area contributed by atoms with Crippen molar-refractivity contribution in [1.29, 1.82) is 0 Å². The van der Waals surface area contributed by atoms with Gasteiger partial charge < -0.3 is 26.8 Å². The zero-order chi connectivity index (χ0) is 62.1. The number of benzene rings is 14. The van der Waals surface area contributed by atoms with Gasteiger partial charge in [0.1, 0.15) is 33.5 Å². The molecule has 0 aliphatic heterocycles. The Balaban J connectivity index is 0.000000133. The molecule has 14 aromatic carbocycles. The molecule has 0 radical (unpaired) electrons. The fourth-order valence-electron chi connectivity index (χ4n) is 14.6. The van der Waals surface area contributed by atoms with Gasteiger partial charge in [0.15, 0.2) is 0 Å². The lowest BCUT2D eigenvalue weighted by Gasteiger charge is -2.11. The summed E-state index contributed by atoms with van der Waals surface area (Å²) < 4.78 is 28.7. The summed E-state index contributed by atoms with van der Waals surface area (Å²) in [6.45, 7) is 0. The molecule has 20 aromatic rings. The van der Waals surface area contributed by atoms with Gasteiger partial charge in [-0.05, 0) is 172 Å². The molecule has 0 aliphatic carbocycles. The van der Waals surface area contributed by atoms with Crippen molar-refractivity contribution in [1.82, 2.24) is 9.13 Å². The standard InChI is InChI=1S/2C43H25NO3/c45-43-42-31(30-22-20-27(25-40(30)47-43)26-21-23-39-35(24-26)29-12-5-7-19-38(29)46-39)14-8-15-33(42)32-16-9-18-37-41(32)34-13-4-6-17-36(34)44(37)28-10-2-1-3-11-28;45-43-34-19-15-26(27-16-20-39-36(23-27)31-10-4-6-12-38(31)44(39)30-8-2-1-3-9-30)22-35(34)33-18-14-29(25-42(33)47-43)28-17-21-41-37(24-28)32-11-5-7-13-40(32)46-41/h2*1-25H. The molecule has 0 atom stereocenters. The molecule has 6 heterocycles. The van der Waals surface area contributed by atoms with Crippen molar-refractivity contribution in [2.24, 2.45) is 0 Å². The Labute approximate surface area is 534 Å². The van der Waals surface area contributed by atoms with Crippen LogP contribution >= 0.6 is 0 Å². The fraction of sp³-hybridized carbons (Fsp3) is 0. The average molecular weight is 1210 g/mol. The van der Waals surface area contributed by atoms with Crippen LogP contribution in [0.1, 0.15) is 0 Å². The van der Waals surface area contributed by atoms with Crippen molar-refractivity contribution in [3.63, 3.8) is 0 Å². The van der Waals surface area contributed by atoms with Crippen LogP contribution in [0.3, 0.4) is 0 Å². The van der Waals surface area contributed by atoms with E-state index in [1.165, 1.54) is 16.3 Å². The Morgan fingerprint density at radius 2 is 0.585 bits per heavy atom. The highest BCUT2D eigenvalue weighted by atomic mass is 16.4. The average Bonchev–Trinajstić information content (AvgIpc) is 1.45. The first kappa shape index (κ1) is 53.1. The van der Waals surface area contributed by atoms with Gasteiger partial charge in [-0.25, -0.2) is 9.59 Å². The van der Waals surface area contributed by atoms with Gasteiger partial charge in [-0.3, -0.25) is 0 Å². The number of nitrogens with zero attached hydrogens (tertiary/aromatic N) is 2. The zero-order valence-electron chi connectivity index (χ0n) is 50.2. The fourth-order valence-corrected chi connectivity index (χ4v) is 14.6. The molecule has 8 heteroatoms. The summed E-state index contributed by atoms with van der Waals surface area (Å²) in [5.41, 5.74) is 18.6. The quantitative estimate of drug-likeness (QED) is 0.122. The van der Waals surface area contributed by atoms with Gasteiger partial charge in [0.2, 0.25) is 0 Å². The number of para-hydroxylation sites is 6. The normalized spacial score (nSPS) is 11.9. The van der Waals surface area contributed by atoms with Crippen LogP contribution in [0.4, 0.5) is 0 Å². The number of fused-ring (bicyclic) bond motifs is 18. The van der Waals surface area contributed by atoms with Crippen molar-refractivity contribution in [2.75, 3.05) is 0 Å².